The number of rotatable bonds is 5. The molecular weight excluding hydrogens is 520 g/mol. The number of benzene rings is 5. The molecule has 0 aliphatic heterocycles. The van der Waals surface area contributed by atoms with Gasteiger partial charge in [-0.3, -0.25) is 0 Å². The van der Waals surface area contributed by atoms with Crippen molar-refractivity contribution in [1.82, 2.24) is 0 Å². The average Bonchev–Trinajstić information content (AvgIpc) is 2.99. The lowest BCUT2D eigenvalue weighted by molar-refractivity contribution is -0.491. The Morgan fingerprint density at radius 2 is 1.55 bits per heavy atom. The minimum absolute atomic E-state index is 0.00572. The summed E-state index contributed by atoms with van der Waals surface area (Å²) in [6.07, 6.45) is 2.29. The van der Waals surface area contributed by atoms with E-state index >= 15 is 0 Å². The minimum Gasteiger partial charge on any atom is -0.507 e. The Balaban J connectivity index is 1.50. The summed E-state index contributed by atoms with van der Waals surface area (Å²) < 4.78 is 1.74. The van der Waals surface area contributed by atoms with Crippen LogP contribution in [-0.4, -0.2) is 22.0 Å². The van der Waals surface area contributed by atoms with Crippen molar-refractivity contribution in [2.24, 2.45) is 15.3 Å². The molecule has 0 radical (unpaired) electrons. The Bertz CT molecular complexity index is 1940. The molecule has 208 valence electrons. The number of azo groups is 3. The van der Waals surface area contributed by atoms with Crippen LogP contribution in [0.5, 0.6) is 5.75 Å². The maximum atomic E-state index is 11.5. The Kier molecular flexibility index (Phi) is 6.91. The molecule has 0 aromatic heterocycles. The zero-order chi connectivity index (χ0) is 29.4. The number of allylic oxidation sites excluding steroid dienone is 1. The van der Waals surface area contributed by atoms with Crippen LogP contribution in [0, 0.1) is 20.8 Å². The van der Waals surface area contributed by atoms with E-state index in [0.29, 0.717) is 12.1 Å². The lowest BCUT2D eigenvalue weighted by atomic mass is 9.87. The number of hydrogen-bond donors (Lipinski definition) is 2. The van der Waals surface area contributed by atoms with Crippen LogP contribution in [0.2, 0.25) is 0 Å². The van der Waals surface area contributed by atoms with Gasteiger partial charge in [-0.1, -0.05) is 83.1 Å². The van der Waals surface area contributed by atoms with E-state index in [0.717, 1.165) is 33.2 Å². The summed E-state index contributed by atoms with van der Waals surface area (Å²) in [5.41, 5.74) is 7.30. The summed E-state index contributed by atoms with van der Waals surface area (Å²) in [7, 11) is 1.85. The highest BCUT2D eigenvalue weighted by molar-refractivity contribution is 5.95. The van der Waals surface area contributed by atoms with Gasteiger partial charge in [0.2, 0.25) is 5.69 Å². The van der Waals surface area contributed by atoms with Gasteiger partial charge in [0.25, 0.3) is 0 Å². The molecule has 6 rings (SSSR count). The highest BCUT2D eigenvalue weighted by Crippen LogP contribution is 2.44. The summed E-state index contributed by atoms with van der Waals surface area (Å²) in [5, 5.41) is 38.2. The number of aryl methyl sites for hydroxylation is 3. The lowest BCUT2D eigenvalue weighted by Crippen LogP contribution is -2.30. The van der Waals surface area contributed by atoms with Crippen LogP contribution >= 0.6 is 0 Å². The van der Waals surface area contributed by atoms with Gasteiger partial charge in [0.15, 0.2) is 12.8 Å². The molecule has 0 bridgehead atoms. The number of aromatic hydroxyl groups is 1. The maximum Gasteiger partial charge on any atom is 0.312 e. The zero-order valence-corrected chi connectivity index (χ0v) is 24.2. The first kappa shape index (κ1) is 27.1. The standard InChI is InChI=1S/C36H32N4O2/c1-23-13-14-24(2)31(21-23)29-18-17-28(22-25(29)3)40(4)39-36(32-12-8-6-10-27(32)16-20-34(36)42)38-37-35-30-11-7-5-9-26(30)15-19-33(35)41/h5-15,17-22H,16H2,1-4H3,(H-,38,41,42)/p+1. The van der Waals surface area contributed by atoms with Crippen molar-refractivity contribution in [1.29, 1.82) is 0 Å². The van der Waals surface area contributed by atoms with E-state index in [1.54, 1.807) is 16.8 Å². The second kappa shape index (κ2) is 10.7. The van der Waals surface area contributed by atoms with E-state index in [-0.39, 0.29) is 11.5 Å². The lowest BCUT2D eigenvalue weighted by Gasteiger charge is -2.27. The third kappa shape index (κ3) is 4.75. The van der Waals surface area contributed by atoms with Gasteiger partial charge in [0.1, 0.15) is 11.4 Å². The van der Waals surface area contributed by atoms with Crippen LogP contribution in [-0.2, 0) is 12.1 Å². The highest BCUT2D eigenvalue weighted by Gasteiger charge is 2.45. The van der Waals surface area contributed by atoms with E-state index in [4.69, 9.17) is 10.2 Å². The van der Waals surface area contributed by atoms with Crippen LogP contribution < -0.4 is 0 Å². The number of aliphatic hydroxyl groups is 1. The number of nitrogens with zero attached hydrogens (tertiary/aromatic N) is 4. The summed E-state index contributed by atoms with van der Waals surface area (Å²) >= 11 is 0. The third-order valence-corrected chi connectivity index (χ3v) is 8.00. The molecule has 5 aromatic rings. The van der Waals surface area contributed by atoms with Crippen LogP contribution in [0.4, 0.5) is 11.4 Å². The molecule has 1 aliphatic carbocycles. The van der Waals surface area contributed by atoms with Crippen molar-refractivity contribution in [3.05, 3.63) is 137 Å². The van der Waals surface area contributed by atoms with Gasteiger partial charge in [-0.05, 0) is 78.6 Å². The van der Waals surface area contributed by atoms with Crippen LogP contribution in [0.25, 0.3) is 21.9 Å². The van der Waals surface area contributed by atoms with E-state index in [1.807, 2.05) is 67.7 Å². The fourth-order valence-corrected chi connectivity index (χ4v) is 5.68. The summed E-state index contributed by atoms with van der Waals surface area (Å²) in [6, 6.07) is 31.7. The molecule has 1 aliphatic rings. The molecule has 1 unspecified atom stereocenters. The molecule has 0 spiro atoms. The van der Waals surface area contributed by atoms with Crippen LogP contribution in [0.15, 0.2) is 124 Å². The smallest absolute Gasteiger partial charge is 0.312 e. The van der Waals surface area contributed by atoms with Gasteiger partial charge >= 0.3 is 5.66 Å². The van der Waals surface area contributed by atoms with Gasteiger partial charge in [-0.15, -0.1) is 10.2 Å². The number of hydrogen-bond acceptors (Lipinski definition) is 5. The summed E-state index contributed by atoms with van der Waals surface area (Å²) in [5.74, 6) is -0.00794. The second-order valence-corrected chi connectivity index (χ2v) is 10.9. The summed E-state index contributed by atoms with van der Waals surface area (Å²) in [6.45, 7) is 6.33. The maximum absolute atomic E-state index is 11.5. The zero-order valence-electron chi connectivity index (χ0n) is 24.2. The van der Waals surface area contributed by atoms with Gasteiger partial charge in [0.05, 0.1) is 0 Å². The molecule has 0 fully saturated rings. The van der Waals surface area contributed by atoms with Crippen molar-refractivity contribution in [3.8, 4) is 16.9 Å². The Morgan fingerprint density at radius 3 is 2.38 bits per heavy atom. The highest BCUT2D eigenvalue weighted by atomic mass is 16.3. The number of aliphatic hydroxyl groups excluding tert-OH is 1. The van der Waals surface area contributed by atoms with Crippen molar-refractivity contribution >= 4 is 22.1 Å². The largest absolute Gasteiger partial charge is 0.507 e. The predicted octanol–water partition coefficient (Wildman–Crippen LogP) is 9.50. The van der Waals surface area contributed by atoms with Gasteiger partial charge in [0, 0.05) is 28.2 Å². The first-order valence-corrected chi connectivity index (χ1v) is 14.0. The van der Waals surface area contributed by atoms with Crippen molar-refractivity contribution in [2.75, 3.05) is 7.05 Å². The number of fused-ring (bicyclic) bond motifs is 2. The van der Waals surface area contributed by atoms with Crippen molar-refractivity contribution in [3.63, 3.8) is 0 Å². The molecule has 0 amide bonds. The van der Waals surface area contributed by atoms with Gasteiger partial charge < -0.3 is 10.2 Å². The van der Waals surface area contributed by atoms with Crippen molar-refractivity contribution < 1.29 is 14.9 Å². The summed E-state index contributed by atoms with van der Waals surface area (Å²) in [4.78, 5) is 0. The van der Waals surface area contributed by atoms with Crippen LogP contribution in [0.1, 0.15) is 27.8 Å². The first-order valence-electron chi connectivity index (χ1n) is 14.0. The molecule has 1 atom stereocenters. The topological polar surface area (TPSA) is 80.5 Å². The number of phenols is 1. The normalized spacial score (nSPS) is 17.0. The van der Waals surface area contributed by atoms with Crippen LogP contribution in [0.3, 0.4) is 0 Å². The second-order valence-electron chi connectivity index (χ2n) is 10.9. The minimum atomic E-state index is -1.54. The quantitative estimate of drug-likeness (QED) is 0.168. The predicted molar refractivity (Wildman–Crippen MR) is 167 cm³/mol. The number of phenolic OH excluding ortho intramolecular Hbond substituents is 1. The molecule has 6 nitrogen and oxygen atoms in total. The Morgan fingerprint density at radius 1 is 0.762 bits per heavy atom. The van der Waals surface area contributed by atoms with E-state index in [9.17, 15) is 10.2 Å². The third-order valence-electron chi connectivity index (χ3n) is 8.00. The molecule has 0 heterocycles. The average molecular weight is 554 g/mol. The molecular formula is C36H33N4O2+. The fraction of sp³-hybridized carbons (Fsp3) is 0.167. The van der Waals surface area contributed by atoms with E-state index in [2.05, 4.69) is 56.2 Å². The van der Waals surface area contributed by atoms with Crippen molar-refractivity contribution in [2.45, 2.75) is 32.9 Å². The molecule has 5 aromatic carbocycles. The SMILES string of the molecule is Cc1ccc(C)c(-c2ccc([N+](C)=NC3(N=Nc4c(O)ccc5ccccc45)C(O)=CCc4ccccc43)cc2C)c1. The molecule has 42 heavy (non-hydrogen) atoms. The first-order chi connectivity index (χ1) is 20.3. The Hall–Kier alpha value is -5.10. The van der Waals surface area contributed by atoms with Gasteiger partial charge in [-0.2, -0.15) is 0 Å². The molecule has 0 saturated heterocycles. The fourth-order valence-electron chi connectivity index (χ4n) is 5.68. The van der Waals surface area contributed by atoms with E-state index in [1.165, 1.54) is 22.3 Å². The monoisotopic (exact) mass is 553 g/mol. The molecule has 0 saturated carbocycles. The molecule has 6 heteroatoms. The Labute approximate surface area is 245 Å². The molecule has 2 N–H and O–H groups in total. The van der Waals surface area contributed by atoms with E-state index < -0.39 is 5.66 Å². The van der Waals surface area contributed by atoms with Gasteiger partial charge in [-0.25, -0.2) is 0 Å².